The largest absolute Gasteiger partial charge is 0.493 e. The van der Waals surface area contributed by atoms with Crippen molar-refractivity contribution in [1.82, 2.24) is 5.32 Å². The van der Waals surface area contributed by atoms with Crippen LogP contribution in [0.15, 0.2) is 48.5 Å². The predicted octanol–water partition coefficient (Wildman–Crippen LogP) is 4.42. The van der Waals surface area contributed by atoms with Crippen molar-refractivity contribution < 1.29 is 19.1 Å². The molecule has 30 heavy (non-hydrogen) atoms. The van der Waals surface area contributed by atoms with Gasteiger partial charge in [0.15, 0.2) is 0 Å². The monoisotopic (exact) mass is 410 g/mol. The van der Waals surface area contributed by atoms with Gasteiger partial charge in [0.1, 0.15) is 5.75 Å². The summed E-state index contributed by atoms with van der Waals surface area (Å²) in [4.78, 5) is 25.6. The highest BCUT2D eigenvalue weighted by Crippen LogP contribution is 2.22. The van der Waals surface area contributed by atoms with E-state index in [1.54, 1.807) is 42.5 Å². The SMILES string of the molecule is CCCCCOc1ccccc1C(=O)Nc1ccccc1C(=O)NC[C@@H]1CCCO1. The number of unbranched alkanes of at least 4 members (excludes halogenated alkanes) is 2. The van der Waals surface area contributed by atoms with Gasteiger partial charge in [0.05, 0.1) is 29.5 Å². The van der Waals surface area contributed by atoms with Crippen molar-refractivity contribution in [2.24, 2.45) is 0 Å². The summed E-state index contributed by atoms with van der Waals surface area (Å²) >= 11 is 0. The van der Waals surface area contributed by atoms with Crippen molar-refractivity contribution in [2.75, 3.05) is 25.1 Å². The molecule has 1 atom stereocenters. The number of anilines is 1. The zero-order valence-corrected chi connectivity index (χ0v) is 17.5. The molecule has 1 aliphatic heterocycles. The first-order chi connectivity index (χ1) is 14.7. The van der Waals surface area contributed by atoms with Gasteiger partial charge in [-0.3, -0.25) is 9.59 Å². The smallest absolute Gasteiger partial charge is 0.259 e. The number of rotatable bonds is 10. The number of para-hydroxylation sites is 2. The van der Waals surface area contributed by atoms with Crippen LogP contribution < -0.4 is 15.4 Å². The van der Waals surface area contributed by atoms with Gasteiger partial charge in [0.2, 0.25) is 0 Å². The van der Waals surface area contributed by atoms with Gasteiger partial charge >= 0.3 is 0 Å². The van der Waals surface area contributed by atoms with Crippen LogP contribution in [0.4, 0.5) is 5.69 Å². The second-order valence-electron chi connectivity index (χ2n) is 7.40. The minimum absolute atomic E-state index is 0.0624. The summed E-state index contributed by atoms with van der Waals surface area (Å²) in [6.07, 6.45) is 5.17. The molecule has 160 valence electrons. The third-order valence-electron chi connectivity index (χ3n) is 5.07. The summed E-state index contributed by atoms with van der Waals surface area (Å²) in [7, 11) is 0. The molecule has 2 amide bonds. The van der Waals surface area contributed by atoms with E-state index >= 15 is 0 Å². The van der Waals surface area contributed by atoms with Gasteiger partial charge in [-0.1, -0.05) is 44.0 Å². The van der Waals surface area contributed by atoms with E-state index in [9.17, 15) is 9.59 Å². The van der Waals surface area contributed by atoms with E-state index in [2.05, 4.69) is 17.6 Å². The third-order valence-corrected chi connectivity index (χ3v) is 5.07. The van der Waals surface area contributed by atoms with E-state index in [1.807, 2.05) is 6.07 Å². The summed E-state index contributed by atoms with van der Waals surface area (Å²) in [6, 6.07) is 14.2. The molecule has 0 spiro atoms. The molecular formula is C24H30N2O4. The maximum atomic E-state index is 12.9. The number of ether oxygens (including phenoxy) is 2. The Kier molecular flexibility index (Phi) is 8.27. The predicted molar refractivity (Wildman–Crippen MR) is 117 cm³/mol. The Morgan fingerprint density at radius 2 is 1.80 bits per heavy atom. The van der Waals surface area contributed by atoms with Crippen LogP contribution in [-0.4, -0.2) is 37.7 Å². The standard InChI is InChI=1S/C24H30N2O4/c1-2-3-8-15-30-22-14-7-5-12-20(22)24(28)26-21-13-6-4-11-19(21)23(27)25-17-18-10-9-16-29-18/h4-7,11-14,18H,2-3,8-10,15-17H2,1H3,(H,25,27)(H,26,28)/t18-/m0/s1. The minimum Gasteiger partial charge on any atom is -0.493 e. The van der Waals surface area contributed by atoms with Gasteiger partial charge in [0.25, 0.3) is 11.8 Å². The lowest BCUT2D eigenvalue weighted by Crippen LogP contribution is -2.32. The lowest BCUT2D eigenvalue weighted by molar-refractivity contribution is 0.0858. The number of carbonyl (C=O) groups excluding carboxylic acids is 2. The molecule has 1 heterocycles. The second kappa shape index (κ2) is 11.4. The quantitative estimate of drug-likeness (QED) is 0.569. The van der Waals surface area contributed by atoms with Crippen LogP contribution in [0.3, 0.4) is 0 Å². The molecule has 1 saturated heterocycles. The van der Waals surface area contributed by atoms with Crippen molar-refractivity contribution in [1.29, 1.82) is 0 Å². The summed E-state index contributed by atoms with van der Waals surface area (Å²) in [5.41, 5.74) is 1.34. The Balaban J connectivity index is 1.66. The first kappa shape index (κ1) is 21.8. The average Bonchev–Trinajstić information content (AvgIpc) is 3.29. The molecular weight excluding hydrogens is 380 g/mol. The molecule has 2 aromatic rings. The van der Waals surface area contributed by atoms with Gasteiger partial charge < -0.3 is 20.1 Å². The molecule has 0 radical (unpaired) electrons. The van der Waals surface area contributed by atoms with Crippen LogP contribution >= 0.6 is 0 Å². The molecule has 3 rings (SSSR count). The zero-order chi connectivity index (χ0) is 21.2. The van der Waals surface area contributed by atoms with Crippen LogP contribution in [0, 0.1) is 0 Å². The van der Waals surface area contributed by atoms with E-state index in [-0.39, 0.29) is 17.9 Å². The van der Waals surface area contributed by atoms with Crippen molar-refractivity contribution >= 4 is 17.5 Å². The molecule has 0 bridgehead atoms. The fraction of sp³-hybridized carbons (Fsp3) is 0.417. The summed E-state index contributed by atoms with van der Waals surface area (Å²) in [5.74, 6) is 0.0115. The van der Waals surface area contributed by atoms with E-state index in [0.29, 0.717) is 35.7 Å². The topological polar surface area (TPSA) is 76.7 Å². The van der Waals surface area contributed by atoms with Gasteiger partial charge in [-0.15, -0.1) is 0 Å². The number of nitrogens with one attached hydrogen (secondary N) is 2. The number of benzene rings is 2. The zero-order valence-electron chi connectivity index (χ0n) is 17.5. The van der Waals surface area contributed by atoms with Gasteiger partial charge in [0, 0.05) is 13.2 Å². The lowest BCUT2D eigenvalue weighted by atomic mass is 10.1. The van der Waals surface area contributed by atoms with E-state index in [0.717, 1.165) is 38.7 Å². The first-order valence-corrected chi connectivity index (χ1v) is 10.7. The molecule has 1 fully saturated rings. The Bertz CT molecular complexity index is 847. The maximum absolute atomic E-state index is 12.9. The molecule has 0 aliphatic carbocycles. The third kappa shape index (κ3) is 6.07. The number of amides is 2. The van der Waals surface area contributed by atoms with Crippen LogP contribution in [0.5, 0.6) is 5.75 Å². The molecule has 6 heteroatoms. The second-order valence-corrected chi connectivity index (χ2v) is 7.40. The lowest BCUT2D eigenvalue weighted by Gasteiger charge is -2.15. The fourth-order valence-electron chi connectivity index (χ4n) is 3.40. The van der Waals surface area contributed by atoms with Gasteiger partial charge in [-0.05, 0) is 43.5 Å². The fourth-order valence-corrected chi connectivity index (χ4v) is 3.40. The molecule has 1 aliphatic rings. The summed E-state index contributed by atoms with van der Waals surface area (Å²) < 4.78 is 11.4. The normalized spacial score (nSPS) is 15.6. The van der Waals surface area contributed by atoms with Crippen molar-refractivity contribution in [3.63, 3.8) is 0 Å². The molecule has 0 aromatic heterocycles. The number of hydrogen-bond donors (Lipinski definition) is 2. The Labute approximate surface area is 178 Å². The Morgan fingerprint density at radius 1 is 1.03 bits per heavy atom. The first-order valence-electron chi connectivity index (χ1n) is 10.7. The average molecular weight is 411 g/mol. The highest BCUT2D eigenvalue weighted by molar-refractivity contribution is 6.10. The van der Waals surface area contributed by atoms with E-state index < -0.39 is 0 Å². The maximum Gasteiger partial charge on any atom is 0.259 e. The van der Waals surface area contributed by atoms with E-state index in [1.165, 1.54) is 0 Å². The van der Waals surface area contributed by atoms with Crippen LogP contribution in [0.2, 0.25) is 0 Å². The molecule has 6 nitrogen and oxygen atoms in total. The van der Waals surface area contributed by atoms with Crippen molar-refractivity contribution in [3.05, 3.63) is 59.7 Å². The highest BCUT2D eigenvalue weighted by Gasteiger charge is 2.19. The van der Waals surface area contributed by atoms with Crippen molar-refractivity contribution in [3.8, 4) is 5.75 Å². The van der Waals surface area contributed by atoms with Crippen molar-refractivity contribution in [2.45, 2.75) is 45.1 Å². The molecule has 0 saturated carbocycles. The Morgan fingerprint density at radius 3 is 2.57 bits per heavy atom. The minimum atomic E-state index is -0.305. The summed E-state index contributed by atoms with van der Waals surface area (Å²) in [6.45, 7) is 3.92. The highest BCUT2D eigenvalue weighted by atomic mass is 16.5. The van der Waals surface area contributed by atoms with Gasteiger partial charge in [-0.25, -0.2) is 0 Å². The summed E-state index contributed by atoms with van der Waals surface area (Å²) in [5, 5.41) is 5.77. The van der Waals surface area contributed by atoms with Crippen LogP contribution in [0.1, 0.15) is 59.7 Å². The Hall–Kier alpha value is -2.86. The van der Waals surface area contributed by atoms with Crippen LogP contribution in [-0.2, 0) is 4.74 Å². The number of carbonyl (C=O) groups is 2. The molecule has 2 N–H and O–H groups in total. The molecule has 2 aromatic carbocycles. The van der Waals surface area contributed by atoms with Crippen LogP contribution in [0.25, 0.3) is 0 Å². The van der Waals surface area contributed by atoms with E-state index in [4.69, 9.17) is 9.47 Å². The van der Waals surface area contributed by atoms with Gasteiger partial charge in [-0.2, -0.15) is 0 Å². The molecule has 0 unspecified atom stereocenters. The number of hydrogen-bond acceptors (Lipinski definition) is 4.